The number of carboxylic acids is 2. The van der Waals surface area contributed by atoms with Crippen LogP contribution in [0, 0.1) is 0 Å². The summed E-state index contributed by atoms with van der Waals surface area (Å²) in [5.41, 5.74) is -0.694. The van der Waals surface area contributed by atoms with E-state index in [4.69, 9.17) is 18.9 Å². The molecule has 170 valence electrons. The number of hydrogen-bond donors (Lipinski definition) is 4. The van der Waals surface area contributed by atoms with Crippen LogP contribution in [0.15, 0.2) is 35.4 Å². The van der Waals surface area contributed by atoms with Crippen molar-refractivity contribution in [1.82, 2.24) is 0 Å². The molecule has 2 rings (SSSR count). The predicted molar refractivity (Wildman–Crippen MR) is 114 cm³/mol. The molecule has 10 heteroatoms. The zero-order chi connectivity index (χ0) is 24.0. The van der Waals surface area contributed by atoms with E-state index in [1.54, 1.807) is 0 Å². The third kappa shape index (κ3) is 5.04. The van der Waals surface area contributed by atoms with Crippen molar-refractivity contribution >= 4 is 24.1 Å². The van der Waals surface area contributed by atoms with Crippen LogP contribution >= 0.6 is 0 Å². The van der Waals surface area contributed by atoms with Crippen LogP contribution in [-0.2, 0) is 9.59 Å². The van der Waals surface area contributed by atoms with Gasteiger partial charge in [0.1, 0.15) is 0 Å². The quantitative estimate of drug-likeness (QED) is 0.334. The summed E-state index contributed by atoms with van der Waals surface area (Å²) in [6, 6.07) is 5.31. The maximum Gasteiger partial charge on any atom is 0.336 e. The summed E-state index contributed by atoms with van der Waals surface area (Å²) in [5.74, 6) is -3.57. The topological polar surface area (TPSA) is 152 Å². The van der Waals surface area contributed by atoms with Gasteiger partial charge >= 0.3 is 11.9 Å². The molecule has 0 saturated carbocycles. The number of ether oxygens (including phenoxy) is 4. The smallest absolute Gasteiger partial charge is 0.336 e. The zero-order valence-electron chi connectivity index (χ0n) is 17.7. The molecule has 0 aromatic heterocycles. The van der Waals surface area contributed by atoms with E-state index < -0.39 is 23.1 Å². The van der Waals surface area contributed by atoms with Gasteiger partial charge in [0.15, 0.2) is 23.0 Å². The maximum absolute atomic E-state index is 11.9. The first-order valence-electron chi connectivity index (χ1n) is 8.97. The SMILES string of the molecule is COc1cc(/C=C(C(=O)O)/C(=C/c2cc(OC)c(O)c(OC)c2)C(=O)O)cc(OC)c1O. The second-order valence-electron chi connectivity index (χ2n) is 6.27. The number of carboxylic acid groups (broad SMARTS) is 2. The van der Waals surface area contributed by atoms with Crippen LogP contribution in [0.5, 0.6) is 34.5 Å². The summed E-state index contributed by atoms with van der Waals surface area (Å²) in [5, 5.41) is 39.5. The summed E-state index contributed by atoms with van der Waals surface area (Å²) in [7, 11) is 5.20. The van der Waals surface area contributed by atoms with Gasteiger partial charge in [-0.2, -0.15) is 0 Å². The molecule has 32 heavy (non-hydrogen) atoms. The standard InChI is InChI=1S/C22H22O10/c1-29-15-7-11(8-16(30-2)19(15)23)5-13(21(25)26)14(22(27)28)6-12-9-17(31-3)20(24)18(10-12)32-4/h5-10,23-24H,1-4H3,(H,25,26)(H,27,28)/b13-5-,14-6-. The van der Waals surface area contributed by atoms with Gasteiger partial charge in [-0.05, 0) is 47.5 Å². The third-order valence-electron chi connectivity index (χ3n) is 4.38. The molecule has 0 aliphatic carbocycles. The largest absolute Gasteiger partial charge is 0.502 e. The van der Waals surface area contributed by atoms with Gasteiger partial charge in [-0.25, -0.2) is 9.59 Å². The van der Waals surface area contributed by atoms with Crippen LogP contribution in [0.1, 0.15) is 11.1 Å². The van der Waals surface area contributed by atoms with Gasteiger partial charge in [0.05, 0.1) is 39.6 Å². The molecule has 2 aromatic carbocycles. The first kappa shape index (κ1) is 23.9. The molecule has 10 nitrogen and oxygen atoms in total. The average molecular weight is 446 g/mol. The molecule has 0 saturated heterocycles. The number of rotatable bonds is 9. The summed E-state index contributed by atoms with van der Waals surface area (Å²) in [6.07, 6.45) is 2.20. The molecule has 0 spiro atoms. The fourth-order valence-corrected chi connectivity index (χ4v) is 2.84. The van der Waals surface area contributed by atoms with E-state index in [1.165, 1.54) is 52.7 Å². The minimum atomic E-state index is -1.51. The molecule has 0 atom stereocenters. The van der Waals surface area contributed by atoms with Crippen LogP contribution < -0.4 is 18.9 Å². The Hall–Kier alpha value is -4.34. The number of aliphatic carboxylic acids is 2. The highest BCUT2D eigenvalue weighted by Crippen LogP contribution is 2.39. The van der Waals surface area contributed by atoms with Crippen LogP contribution in [0.3, 0.4) is 0 Å². The molecule has 4 N–H and O–H groups in total. The van der Waals surface area contributed by atoms with Crippen LogP contribution in [0.2, 0.25) is 0 Å². The number of phenols is 2. The van der Waals surface area contributed by atoms with E-state index in [1.807, 2.05) is 0 Å². The summed E-state index contributed by atoms with van der Waals surface area (Å²) < 4.78 is 20.2. The molecule has 2 aromatic rings. The van der Waals surface area contributed by atoms with Gasteiger partial charge in [0, 0.05) is 0 Å². The van der Waals surface area contributed by atoms with E-state index in [-0.39, 0.29) is 45.6 Å². The lowest BCUT2D eigenvalue weighted by molar-refractivity contribution is -0.136. The number of hydrogen-bond acceptors (Lipinski definition) is 8. The molecule has 0 unspecified atom stereocenters. The minimum Gasteiger partial charge on any atom is -0.502 e. The predicted octanol–water partition coefficient (Wildman–Crippen LogP) is 2.77. The fourth-order valence-electron chi connectivity index (χ4n) is 2.84. The van der Waals surface area contributed by atoms with Crippen LogP contribution in [0.4, 0.5) is 0 Å². The highest BCUT2D eigenvalue weighted by atomic mass is 16.5. The number of phenolic OH excluding ortho intramolecular Hbond substituents is 2. The van der Waals surface area contributed by atoms with Crippen molar-refractivity contribution in [2.75, 3.05) is 28.4 Å². The lowest BCUT2D eigenvalue weighted by atomic mass is 9.99. The van der Waals surface area contributed by atoms with E-state index in [2.05, 4.69) is 0 Å². The number of carbonyl (C=O) groups is 2. The highest BCUT2D eigenvalue weighted by Gasteiger charge is 2.22. The number of methoxy groups -OCH3 is 4. The highest BCUT2D eigenvalue weighted by molar-refractivity contribution is 6.11. The number of benzene rings is 2. The van der Waals surface area contributed by atoms with Crippen LogP contribution in [-0.4, -0.2) is 60.8 Å². The summed E-state index contributed by atoms with van der Waals surface area (Å²) >= 11 is 0. The van der Waals surface area contributed by atoms with Crippen LogP contribution in [0.25, 0.3) is 12.2 Å². The molecule has 0 bridgehead atoms. The molecule has 0 fully saturated rings. The van der Waals surface area contributed by atoms with Crippen molar-refractivity contribution in [1.29, 1.82) is 0 Å². The second-order valence-corrected chi connectivity index (χ2v) is 6.27. The normalized spacial score (nSPS) is 11.6. The van der Waals surface area contributed by atoms with Crippen molar-refractivity contribution < 1.29 is 49.0 Å². The molecule has 0 heterocycles. The Balaban J connectivity index is 2.72. The monoisotopic (exact) mass is 446 g/mol. The Kier molecular flexibility index (Phi) is 7.56. The van der Waals surface area contributed by atoms with Crippen molar-refractivity contribution in [3.63, 3.8) is 0 Å². The Labute approximate surface area is 183 Å². The van der Waals surface area contributed by atoms with Crippen molar-refractivity contribution in [2.45, 2.75) is 0 Å². The Morgan fingerprint density at radius 1 is 0.625 bits per heavy atom. The van der Waals surface area contributed by atoms with Gasteiger partial charge in [-0.15, -0.1) is 0 Å². The Morgan fingerprint density at radius 2 is 0.875 bits per heavy atom. The lowest BCUT2D eigenvalue weighted by Crippen LogP contribution is -2.11. The average Bonchev–Trinajstić information content (AvgIpc) is 2.77. The van der Waals surface area contributed by atoms with Gasteiger partial charge in [-0.1, -0.05) is 0 Å². The molecular formula is C22H22O10. The van der Waals surface area contributed by atoms with E-state index in [0.29, 0.717) is 0 Å². The molecule has 0 amide bonds. The van der Waals surface area contributed by atoms with E-state index in [9.17, 15) is 30.0 Å². The molecule has 0 aliphatic rings. The van der Waals surface area contributed by atoms with E-state index >= 15 is 0 Å². The first-order chi connectivity index (χ1) is 15.2. The van der Waals surface area contributed by atoms with Gasteiger partial charge in [0.2, 0.25) is 11.5 Å². The Bertz CT molecular complexity index is 960. The molecular weight excluding hydrogens is 424 g/mol. The first-order valence-corrected chi connectivity index (χ1v) is 8.97. The fraction of sp³-hybridized carbons (Fsp3) is 0.182. The Morgan fingerprint density at radius 3 is 1.06 bits per heavy atom. The van der Waals surface area contributed by atoms with Gasteiger partial charge in [-0.3, -0.25) is 0 Å². The third-order valence-corrected chi connectivity index (χ3v) is 4.38. The van der Waals surface area contributed by atoms with Gasteiger partial charge < -0.3 is 39.4 Å². The summed E-state index contributed by atoms with van der Waals surface area (Å²) in [4.78, 5) is 23.9. The van der Waals surface area contributed by atoms with Crippen molar-refractivity contribution in [3.8, 4) is 34.5 Å². The summed E-state index contributed by atoms with van der Waals surface area (Å²) in [6.45, 7) is 0. The van der Waals surface area contributed by atoms with Crippen molar-refractivity contribution in [3.05, 3.63) is 46.5 Å². The maximum atomic E-state index is 11.9. The molecule has 0 radical (unpaired) electrons. The number of aromatic hydroxyl groups is 2. The zero-order valence-corrected chi connectivity index (χ0v) is 17.7. The second kappa shape index (κ2) is 10.1. The van der Waals surface area contributed by atoms with E-state index in [0.717, 1.165) is 12.2 Å². The molecule has 0 aliphatic heterocycles. The minimum absolute atomic E-state index is 0.00852. The lowest BCUT2D eigenvalue weighted by Gasteiger charge is -2.12. The van der Waals surface area contributed by atoms with Crippen molar-refractivity contribution in [2.24, 2.45) is 0 Å². The van der Waals surface area contributed by atoms with Gasteiger partial charge in [0.25, 0.3) is 0 Å².